The number of carboxylic acid groups (broad SMARTS) is 1. The van der Waals surface area contributed by atoms with Crippen LogP contribution in [0.15, 0.2) is 22.9 Å². The Hall–Kier alpha value is -1.83. The molecule has 0 radical (unpaired) electrons. The molecule has 2 N–H and O–H groups in total. The summed E-state index contributed by atoms with van der Waals surface area (Å²) in [5.74, 6) is 0.726. The van der Waals surface area contributed by atoms with Gasteiger partial charge in [-0.25, -0.2) is 14.3 Å². The molecule has 2 rings (SSSR count). The van der Waals surface area contributed by atoms with Crippen molar-refractivity contribution in [2.45, 2.75) is 6.42 Å². The quantitative estimate of drug-likeness (QED) is 0.819. The molecule has 0 saturated heterocycles. The van der Waals surface area contributed by atoms with E-state index in [0.717, 1.165) is 16.1 Å². The van der Waals surface area contributed by atoms with Crippen LogP contribution in [-0.4, -0.2) is 50.8 Å². The SMILES string of the molecule is CN(CCCNc1ccc2ncc(Br)n2n1)C(=O)O. The van der Waals surface area contributed by atoms with Crippen molar-refractivity contribution in [1.82, 2.24) is 19.5 Å². The van der Waals surface area contributed by atoms with Crippen LogP contribution in [0.2, 0.25) is 0 Å². The zero-order valence-electron chi connectivity index (χ0n) is 10.4. The lowest BCUT2D eigenvalue weighted by Crippen LogP contribution is -2.27. The molecule has 0 fully saturated rings. The van der Waals surface area contributed by atoms with Crippen molar-refractivity contribution in [1.29, 1.82) is 0 Å². The molecule has 0 bridgehead atoms. The molecule has 2 aromatic heterocycles. The van der Waals surface area contributed by atoms with Gasteiger partial charge in [0.1, 0.15) is 10.4 Å². The van der Waals surface area contributed by atoms with E-state index in [1.54, 1.807) is 17.8 Å². The summed E-state index contributed by atoms with van der Waals surface area (Å²) in [7, 11) is 1.55. The maximum Gasteiger partial charge on any atom is 0.407 e. The molecule has 7 nitrogen and oxygen atoms in total. The molecular formula is C11H14BrN5O2. The van der Waals surface area contributed by atoms with E-state index >= 15 is 0 Å². The number of hydrogen-bond acceptors (Lipinski definition) is 4. The number of hydrogen-bond donors (Lipinski definition) is 2. The van der Waals surface area contributed by atoms with Gasteiger partial charge >= 0.3 is 6.09 Å². The maximum atomic E-state index is 10.6. The molecule has 8 heteroatoms. The highest BCUT2D eigenvalue weighted by molar-refractivity contribution is 9.10. The van der Waals surface area contributed by atoms with Gasteiger partial charge in [0.25, 0.3) is 0 Å². The van der Waals surface area contributed by atoms with Crippen molar-refractivity contribution in [2.75, 3.05) is 25.5 Å². The van der Waals surface area contributed by atoms with Gasteiger partial charge in [-0.3, -0.25) is 0 Å². The average molecular weight is 328 g/mol. The topological polar surface area (TPSA) is 82.8 Å². The Balaban J connectivity index is 1.88. The normalized spacial score (nSPS) is 10.6. The smallest absolute Gasteiger partial charge is 0.407 e. The third-order valence-electron chi connectivity index (χ3n) is 2.62. The summed E-state index contributed by atoms with van der Waals surface area (Å²) in [4.78, 5) is 16.0. The zero-order chi connectivity index (χ0) is 13.8. The van der Waals surface area contributed by atoms with Crippen molar-refractivity contribution in [3.05, 3.63) is 22.9 Å². The summed E-state index contributed by atoms with van der Waals surface area (Å²) in [5, 5.41) is 16.2. The van der Waals surface area contributed by atoms with Crippen LogP contribution in [0.5, 0.6) is 0 Å². The minimum Gasteiger partial charge on any atom is -0.465 e. The number of halogens is 1. The number of nitrogens with zero attached hydrogens (tertiary/aromatic N) is 4. The molecule has 0 aliphatic heterocycles. The van der Waals surface area contributed by atoms with Gasteiger partial charge in [0.2, 0.25) is 0 Å². The molecular weight excluding hydrogens is 314 g/mol. The monoisotopic (exact) mass is 327 g/mol. The van der Waals surface area contributed by atoms with Gasteiger partial charge in [0, 0.05) is 20.1 Å². The molecule has 0 atom stereocenters. The van der Waals surface area contributed by atoms with Crippen LogP contribution in [-0.2, 0) is 0 Å². The number of nitrogens with one attached hydrogen (secondary N) is 1. The van der Waals surface area contributed by atoms with Crippen LogP contribution in [0.1, 0.15) is 6.42 Å². The molecule has 2 heterocycles. The molecule has 1 amide bonds. The van der Waals surface area contributed by atoms with Crippen LogP contribution in [0.4, 0.5) is 10.6 Å². The van der Waals surface area contributed by atoms with E-state index in [1.165, 1.54) is 4.90 Å². The molecule has 0 aliphatic rings. The van der Waals surface area contributed by atoms with Crippen molar-refractivity contribution < 1.29 is 9.90 Å². The van der Waals surface area contributed by atoms with E-state index in [9.17, 15) is 4.79 Å². The summed E-state index contributed by atoms with van der Waals surface area (Å²) in [5.41, 5.74) is 0.767. The number of imidazole rings is 1. The van der Waals surface area contributed by atoms with Crippen LogP contribution in [0, 0.1) is 0 Å². The molecule has 2 aromatic rings. The summed E-state index contributed by atoms with van der Waals surface area (Å²) >= 11 is 3.36. The lowest BCUT2D eigenvalue weighted by Gasteiger charge is -2.12. The highest BCUT2D eigenvalue weighted by atomic mass is 79.9. The highest BCUT2D eigenvalue weighted by Crippen LogP contribution is 2.13. The summed E-state index contributed by atoms with van der Waals surface area (Å²) < 4.78 is 2.47. The number of aromatic nitrogens is 3. The van der Waals surface area contributed by atoms with Gasteiger partial charge in [-0.2, -0.15) is 0 Å². The number of amides is 1. The van der Waals surface area contributed by atoms with Gasteiger partial charge < -0.3 is 15.3 Å². The largest absolute Gasteiger partial charge is 0.465 e. The number of carbonyl (C=O) groups is 1. The van der Waals surface area contributed by atoms with Crippen LogP contribution >= 0.6 is 15.9 Å². The van der Waals surface area contributed by atoms with E-state index in [0.29, 0.717) is 19.5 Å². The second-order valence-corrected chi connectivity index (χ2v) is 4.87. The standard InChI is InChI=1S/C11H14BrN5O2/c1-16(11(18)19)6-2-5-13-9-3-4-10-14-7-8(12)17(10)15-9/h3-4,7H,2,5-6H2,1H3,(H,13,15)(H,18,19). The Labute approximate surface area is 118 Å². The minimum absolute atomic E-state index is 0.485. The molecule has 0 spiro atoms. The van der Waals surface area contributed by atoms with Crippen molar-refractivity contribution in [3.8, 4) is 0 Å². The maximum absolute atomic E-state index is 10.6. The molecule has 19 heavy (non-hydrogen) atoms. The average Bonchev–Trinajstić information content (AvgIpc) is 2.76. The van der Waals surface area contributed by atoms with E-state index in [4.69, 9.17) is 5.11 Å². The number of rotatable bonds is 5. The van der Waals surface area contributed by atoms with Gasteiger partial charge in [-0.1, -0.05) is 0 Å². The lowest BCUT2D eigenvalue weighted by atomic mass is 10.4. The summed E-state index contributed by atoms with van der Waals surface area (Å²) in [6.45, 7) is 1.14. The first-order valence-electron chi connectivity index (χ1n) is 5.76. The van der Waals surface area contributed by atoms with Gasteiger partial charge in [0.05, 0.1) is 6.20 Å². The predicted molar refractivity (Wildman–Crippen MR) is 74.4 cm³/mol. The van der Waals surface area contributed by atoms with Gasteiger partial charge in [-0.05, 0) is 34.5 Å². The Morgan fingerprint density at radius 2 is 2.37 bits per heavy atom. The van der Waals surface area contributed by atoms with E-state index in [1.807, 2.05) is 12.1 Å². The fourth-order valence-electron chi connectivity index (χ4n) is 1.57. The third kappa shape index (κ3) is 3.34. The molecule has 0 aromatic carbocycles. The third-order valence-corrected chi connectivity index (χ3v) is 3.16. The van der Waals surface area contributed by atoms with E-state index in [-0.39, 0.29) is 0 Å². The Morgan fingerprint density at radius 1 is 1.58 bits per heavy atom. The molecule has 102 valence electrons. The fraction of sp³-hybridized carbons (Fsp3) is 0.364. The Bertz CT molecular complexity index is 585. The second kappa shape index (κ2) is 5.87. The van der Waals surface area contributed by atoms with E-state index in [2.05, 4.69) is 31.3 Å². The zero-order valence-corrected chi connectivity index (χ0v) is 12.0. The summed E-state index contributed by atoms with van der Waals surface area (Å²) in [6.07, 6.45) is 1.49. The minimum atomic E-state index is -0.915. The van der Waals surface area contributed by atoms with Crippen molar-refractivity contribution in [2.24, 2.45) is 0 Å². The Morgan fingerprint density at radius 3 is 3.11 bits per heavy atom. The number of fused-ring (bicyclic) bond motifs is 1. The first-order valence-corrected chi connectivity index (χ1v) is 6.55. The second-order valence-electron chi connectivity index (χ2n) is 4.05. The molecule has 0 unspecified atom stereocenters. The highest BCUT2D eigenvalue weighted by Gasteiger charge is 2.05. The Kier molecular flexibility index (Phi) is 4.20. The van der Waals surface area contributed by atoms with Crippen LogP contribution < -0.4 is 5.32 Å². The first-order chi connectivity index (χ1) is 9.08. The summed E-state index contributed by atoms with van der Waals surface area (Å²) in [6, 6.07) is 3.71. The van der Waals surface area contributed by atoms with Gasteiger partial charge in [-0.15, -0.1) is 5.10 Å². The van der Waals surface area contributed by atoms with Crippen LogP contribution in [0.25, 0.3) is 5.65 Å². The fourth-order valence-corrected chi connectivity index (χ4v) is 1.93. The van der Waals surface area contributed by atoms with Crippen molar-refractivity contribution in [3.63, 3.8) is 0 Å². The van der Waals surface area contributed by atoms with Gasteiger partial charge in [0.15, 0.2) is 5.65 Å². The van der Waals surface area contributed by atoms with E-state index < -0.39 is 6.09 Å². The molecule has 0 saturated carbocycles. The predicted octanol–water partition coefficient (Wildman–Crippen LogP) is 1.90. The molecule has 0 aliphatic carbocycles. The van der Waals surface area contributed by atoms with Crippen molar-refractivity contribution >= 4 is 33.5 Å². The first kappa shape index (κ1) is 13.6. The van der Waals surface area contributed by atoms with Crippen LogP contribution in [0.3, 0.4) is 0 Å². The lowest BCUT2D eigenvalue weighted by molar-refractivity contribution is 0.156. The number of anilines is 1.